The first-order valence-corrected chi connectivity index (χ1v) is 10.5. The normalized spacial score (nSPS) is 14.3. The van der Waals surface area contributed by atoms with Gasteiger partial charge in [0.05, 0.1) is 16.8 Å². The number of anilines is 2. The number of nitrogens with zero attached hydrogens (tertiary/aromatic N) is 4. The van der Waals surface area contributed by atoms with Crippen LogP contribution >= 0.6 is 11.3 Å². The molecule has 2 heterocycles. The lowest BCUT2D eigenvalue weighted by Crippen LogP contribution is -2.51. The smallest absolute Gasteiger partial charge is 0.242 e. The zero-order chi connectivity index (χ0) is 20.4. The number of carbonyl (C=O) groups excluding carboxylic acids is 2. The molecule has 0 saturated carbocycles. The average molecular weight is 409 g/mol. The molecule has 1 aromatic heterocycles. The number of hydrogen-bond donors (Lipinski definition) is 0. The van der Waals surface area contributed by atoms with Crippen LogP contribution in [0.5, 0.6) is 0 Å². The van der Waals surface area contributed by atoms with Gasteiger partial charge in [-0.2, -0.15) is 0 Å². The van der Waals surface area contributed by atoms with Crippen LogP contribution in [0.1, 0.15) is 17.3 Å². The zero-order valence-electron chi connectivity index (χ0n) is 16.7. The molecule has 29 heavy (non-hydrogen) atoms. The maximum Gasteiger partial charge on any atom is 0.242 e. The van der Waals surface area contributed by atoms with Gasteiger partial charge >= 0.3 is 0 Å². The molecule has 7 heteroatoms. The lowest BCUT2D eigenvalue weighted by atomic mass is 10.1. The van der Waals surface area contributed by atoms with Gasteiger partial charge in [0.15, 0.2) is 10.9 Å². The van der Waals surface area contributed by atoms with Crippen LogP contribution in [0, 0.1) is 0 Å². The van der Waals surface area contributed by atoms with Crippen molar-refractivity contribution in [3.05, 3.63) is 54.1 Å². The zero-order valence-corrected chi connectivity index (χ0v) is 17.5. The first-order valence-electron chi connectivity index (χ1n) is 9.72. The van der Waals surface area contributed by atoms with E-state index in [2.05, 4.69) is 9.88 Å². The highest BCUT2D eigenvalue weighted by molar-refractivity contribution is 7.22. The van der Waals surface area contributed by atoms with Gasteiger partial charge in [-0.05, 0) is 43.3 Å². The quantitative estimate of drug-likeness (QED) is 0.607. The number of rotatable bonds is 5. The summed E-state index contributed by atoms with van der Waals surface area (Å²) in [5.41, 5.74) is 2.78. The van der Waals surface area contributed by atoms with E-state index in [9.17, 15) is 9.59 Å². The predicted molar refractivity (Wildman–Crippen MR) is 118 cm³/mol. The Morgan fingerprint density at radius 1 is 1.03 bits per heavy atom. The summed E-state index contributed by atoms with van der Waals surface area (Å²) in [5.74, 6) is 0.197. The third-order valence-corrected chi connectivity index (χ3v) is 6.40. The Morgan fingerprint density at radius 2 is 1.72 bits per heavy atom. The molecule has 1 saturated heterocycles. The van der Waals surface area contributed by atoms with Gasteiger partial charge in [0.25, 0.3) is 0 Å². The monoisotopic (exact) mass is 408 g/mol. The summed E-state index contributed by atoms with van der Waals surface area (Å²) in [5, 5.41) is 0.865. The van der Waals surface area contributed by atoms with E-state index in [0.29, 0.717) is 19.6 Å². The minimum Gasteiger partial charge on any atom is -0.368 e. The van der Waals surface area contributed by atoms with Gasteiger partial charge in [-0.15, -0.1) is 0 Å². The third-order valence-electron chi connectivity index (χ3n) is 5.25. The topological polar surface area (TPSA) is 56.8 Å². The van der Waals surface area contributed by atoms with E-state index in [0.717, 1.165) is 39.7 Å². The minimum atomic E-state index is 0.0733. The molecule has 0 spiro atoms. The third kappa shape index (κ3) is 4.24. The summed E-state index contributed by atoms with van der Waals surface area (Å²) in [6.45, 7) is 4.87. The number of hydrogen-bond acceptors (Lipinski definition) is 6. The van der Waals surface area contributed by atoms with E-state index in [-0.39, 0.29) is 11.7 Å². The first-order chi connectivity index (χ1) is 14.0. The molecular weight excluding hydrogens is 384 g/mol. The molecule has 0 N–H and O–H groups in total. The van der Waals surface area contributed by atoms with E-state index in [1.165, 1.54) is 0 Å². The second-order valence-corrected chi connectivity index (χ2v) is 8.30. The molecule has 0 radical (unpaired) electrons. The highest BCUT2D eigenvalue weighted by Gasteiger charge is 2.23. The Labute approximate surface area is 174 Å². The van der Waals surface area contributed by atoms with Gasteiger partial charge in [0.1, 0.15) is 0 Å². The highest BCUT2D eigenvalue weighted by Crippen LogP contribution is 2.27. The molecule has 4 rings (SSSR count). The molecule has 0 atom stereocenters. The molecule has 1 aliphatic heterocycles. The standard InChI is InChI=1S/C22H24N4O2S/c1-16(27)17-7-9-18(10-8-17)25-11-13-26(14-12-25)21(28)15-24(2)22-23-19-5-3-4-6-20(19)29-22/h3-10H,11-15H2,1-2H3. The van der Waals surface area contributed by atoms with E-state index >= 15 is 0 Å². The largest absolute Gasteiger partial charge is 0.368 e. The van der Waals surface area contributed by atoms with Gasteiger partial charge in [-0.1, -0.05) is 23.5 Å². The molecule has 0 bridgehead atoms. The van der Waals surface area contributed by atoms with Crippen LogP contribution in [0.4, 0.5) is 10.8 Å². The van der Waals surface area contributed by atoms with Crippen LogP contribution in [-0.4, -0.2) is 61.3 Å². The Balaban J connectivity index is 1.33. The number of thiazole rings is 1. The molecule has 0 unspecified atom stereocenters. The number of aromatic nitrogens is 1. The summed E-state index contributed by atoms with van der Waals surface area (Å²) < 4.78 is 1.13. The number of piperazine rings is 1. The van der Waals surface area contributed by atoms with Crippen molar-refractivity contribution in [2.24, 2.45) is 0 Å². The second-order valence-electron chi connectivity index (χ2n) is 7.29. The van der Waals surface area contributed by atoms with Gasteiger partial charge in [0, 0.05) is 44.5 Å². The molecule has 0 aliphatic carbocycles. The molecule has 1 fully saturated rings. The van der Waals surface area contributed by atoms with Crippen molar-refractivity contribution >= 4 is 44.1 Å². The maximum atomic E-state index is 12.8. The molecule has 1 amide bonds. The summed E-state index contributed by atoms with van der Waals surface area (Å²) in [7, 11) is 1.92. The fraction of sp³-hybridized carbons (Fsp3) is 0.318. The van der Waals surface area contributed by atoms with Gasteiger partial charge in [-0.3, -0.25) is 9.59 Å². The number of amides is 1. The van der Waals surface area contributed by atoms with Crippen molar-refractivity contribution in [1.29, 1.82) is 0 Å². The fourth-order valence-corrected chi connectivity index (χ4v) is 4.44. The number of benzene rings is 2. The number of para-hydroxylation sites is 1. The Kier molecular flexibility index (Phi) is 5.49. The molecule has 2 aromatic carbocycles. The fourth-order valence-electron chi connectivity index (χ4n) is 3.51. The average Bonchev–Trinajstić information content (AvgIpc) is 3.18. The number of carbonyl (C=O) groups is 2. The molecule has 3 aromatic rings. The van der Waals surface area contributed by atoms with Crippen molar-refractivity contribution in [1.82, 2.24) is 9.88 Å². The van der Waals surface area contributed by atoms with Gasteiger partial charge in [0.2, 0.25) is 5.91 Å². The number of likely N-dealkylation sites (N-methyl/N-ethyl adjacent to an activating group) is 1. The van der Waals surface area contributed by atoms with Crippen LogP contribution < -0.4 is 9.80 Å². The van der Waals surface area contributed by atoms with E-state index < -0.39 is 0 Å². The van der Waals surface area contributed by atoms with Crippen molar-refractivity contribution in [2.75, 3.05) is 49.6 Å². The molecule has 150 valence electrons. The minimum absolute atomic E-state index is 0.0733. The van der Waals surface area contributed by atoms with Crippen molar-refractivity contribution in [2.45, 2.75) is 6.92 Å². The Bertz CT molecular complexity index is 990. The van der Waals surface area contributed by atoms with Crippen molar-refractivity contribution in [3.8, 4) is 0 Å². The van der Waals surface area contributed by atoms with Crippen LogP contribution in [-0.2, 0) is 4.79 Å². The SMILES string of the molecule is CC(=O)c1ccc(N2CCN(C(=O)CN(C)c3nc4ccccc4s3)CC2)cc1. The predicted octanol–water partition coefficient (Wildman–Crippen LogP) is 3.28. The van der Waals surface area contributed by atoms with Gasteiger partial charge < -0.3 is 14.7 Å². The maximum absolute atomic E-state index is 12.8. The lowest BCUT2D eigenvalue weighted by molar-refractivity contribution is -0.129. The number of ketones is 1. The molecule has 1 aliphatic rings. The molecule has 6 nitrogen and oxygen atoms in total. The van der Waals surface area contributed by atoms with Crippen LogP contribution in [0.2, 0.25) is 0 Å². The van der Waals surface area contributed by atoms with Crippen molar-refractivity contribution in [3.63, 3.8) is 0 Å². The summed E-state index contributed by atoms with van der Waals surface area (Å²) in [6.07, 6.45) is 0. The Hall–Kier alpha value is -2.93. The van der Waals surface area contributed by atoms with Crippen molar-refractivity contribution < 1.29 is 9.59 Å². The summed E-state index contributed by atoms with van der Waals surface area (Å²) in [4.78, 5) is 34.9. The van der Waals surface area contributed by atoms with E-state index in [1.54, 1.807) is 18.3 Å². The number of Topliss-reactive ketones (excluding diaryl/α,β-unsaturated/α-hetero) is 1. The number of fused-ring (bicyclic) bond motifs is 1. The van der Waals surface area contributed by atoms with Crippen LogP contribution in [0.3, 0.4) is 0 Å². The Morgan fingerprint density at radius 3 is 2.38 bits per heavy atom. The summed E-state index contributed by atoms with van der Waals surface area (Å²) in [6, 6.07) is 15.7. The first kappa shape index (κ1) is 19.4. The highest BCUT2D eigenvalue weighted by atomic mass is 32.1. The van der Waals surface area contributed by atoms with E-state index in [4.69, 9.17) is 0 Å². The second kappa shape index (κ2) is 8.21. The molecular formula is C22H24N4O2S. The van der Waals surface area contributed by atoms with Crippen LogP contribution in [0.15, 0.2) is 48.5 Å². The van der Waals surface area contributed by atoms with E-state index in [1.807, 2.05) is 65.4 Å². The summed E-state index contributed by atoms with van der Waals surface area (Å²) >= 11 is 1.61. The van der Waals surface area contributed by atoms with Gasteiger partial charge in [-0.25, -0.2) is 4.98 Å². The van der Waals surface area contributed by atoms with Crippen LogP contribution in [0.25, 0.3) is 10.2 Å². The lowest BCUT2D eigenvalue weighted by Gasteiger charge is -2.36.